The zero-order valence-corrected chi connectivity index (χ0v) is 12.2. The molecule has 0 unspecified atom stereocenters. The Morgan fingerprint density at radius 2 is 2.11 bits per heavy atom. The van der Waals surface area contributed by atoms with Gasteiger partial charge in [0.2, 0.25) is 5.91 Å². The lowest BCUT2D eigenvalue weighted by atomic mass is 10.1. The van der Waals surface area contributed by atoms with Crippen LogP contribution >= 0.6 is 23.4 Å². The lowest BCUT2D eigenvalue weighted by Crippen LogP contribution is -2.39. The minimum absolute atomic E-state index is 0.107. The Morgan fingerprint density at radius 1 is 1.42 bits per heavy atom. The molecule has 3 rings (SSSR count). The molecule has 2 saturated carbocycles. The van der Waals surface area contributed by atoms with E-state index >= 15 is 0 Å². The van der Waals surface area contributed by atoms with Crippen LogP contribution in [-0.2, 0) is 4.79 Å². The van der Waals surface area contributed by atoms with Gasteiger partial charge in [-0.05, 0) is 49.7 Å². The fourth-order valence-corrected chi connectivity index (χ4v) is 3.35. The third-order valence-corrected chi connectivity index (χ3v) is 5.07. The van der Waals surface area contributed by atoms with Crippen molar-refractivity contribution < 1.29 is 4.79 Å². The molecule has 2 fully saturated rings. The van der Waals surface area contributed by atoms with Gasteiger partial charge in [0.1, 0.15) is 5.03 Å². The molecule has 0 aromatic carbocycles. The van der Waals surface area contributed by atoms with Gasteiger partial charge in [-0.3, -0.25) is 4.79 Å². The number of carbonyl (C=O) groups excluding carboxylic acids is 1. The summed E-state index contributed by atoms with van der Waals surface area (Å²) in [4.78, 5) is 16.2. The van der Waals surface area contributed by atoms with E-state index in [9.17, 15) is 4.79 Å². The lowest BCUT2D eigenvalue weighted by Gasteiger charge is -2.17. The molecule has 0 saturated heterocycles. The van der Waals surface area contributed by atoms with Crippen molar-refractivity contribution in [3.63, 3.8) is 0 Å². The van der Waals surface area contributed by atoms with Gasteiger partial charge < -0.3 is 5.32 Å². The number of nitrogens with zero attached hydrogens (tertiary/aromatic N) is 1. The van der Waals surface area contributed by atoms with Gasteiger partial charge in [0.05, 0.1) is 10.8 Å². The second-order valence-corrected chi connectivity index (χ2v) is 6.72. The lowest BCUT2D eigenvalue weighted by molar-refractivity contribution is -0.119. The van der Waals surface area contributed by atoms with E-state index in [0.717, 1.165) is 16.9 Å². The van der Waals surface area contributed by atoms with E-state index in [1.807, 2.05) is 0 Å². The molecular formula is C14H17ClN2OS. The van der Waals surface area contributed by atoms with E-state index in [-0.39, 0.29) is 5.91 Å². The van der Waals surface area contributed by atoms with Crippen molar-refractivity contribution in [1.29, 1.82) is 0 Å². The Hall–Kier alpha value is -0.740. The van der Waals surface area contributed by atoms with Crippen LogP contribution in [0.1, 0.15) is 25.7 Å². The number of pyridine rings is 1. The van der Waals surface area contributed by atoms with Gasteiger partial charge in [0.15, 0.2) is 0 Å². The number of amides is 1. The molecule has 5 heteroatoms. The molecule has 1 aromatic heterocycles. The highest BCUT2D eigenvalue weighted by atomic mass is 35.5. The van der Waals surface area contributed by atoms with Crippen molar-refractivity contribution in [3.05, 3.63) is 23.4 Å². The maximum Gasteiger partial charge on any atom is 0.230 e. The summed E-state index contributed by atoms with van der Waals surface area (Å²) in [5.41, 5.74) is 0. The molecule has 0 bridgehead atoms. The second-order valence-electron chi connectivity index (χ2n) is 5.35. The van der Waals surface area contributed by atoms with Crippen molar-refractivity contribution in [2.24, 2.45) is 11.8 Å². The van der Waals surface area contributed by atoms with Crippen LogP contribution in [0.5, 0.6) is 0 Å². The van der Waals surface area contributed by atoms with Gasteiger partial charge in [-0.15, -0.1) is 0 Å². The molecule has 2 aliphatic carbocycles. The van der Waals surface area contributed by atoms with Crippen LogP contribution in [0.4, 0.5) is 0 Å². The zero-order chi connectivity index (χ0) is 13.2. The van der Waals surface area contributed by atoms with Crippen molar-refractivity contribution in [3.8, 4) is 0 Å². The average molecular weight is 297 g/mol. The number of nitrogens with one attached hydrogen (secondary N) is 1. The van der Waals surface area contributed by atoms with E-state index in [1.54, 1.807) is 18.3 Å². The molecule has 1 amide bonds. The van der Waals surface area contributed by atoms with Gasteiger partial charge >= 0.3 is 0 Å². The fraction of sp³-hybridized carbons (Fsp3) is 0.571. The predicted molar refractivity (Wildman–Crippen MR) is 77.3 cm³/mol. The minimum atomic E-state index is 0.107. The Kier molecular flexibility index (Phi) is 3.99. The highest BCUT2D eigenvalue weighted by molar-refractivity contribution is 8.00. The highest BCUT2D eigenvalue weighted by Crippen LogP contribution is 2.44. The summed E-state index contributed by atoms with van der Waals surface area (Å²) in [5, 5.41) is 4.54. The van der Waals surface area contributed by atoms with Crippen molar-refractivity contribution in [1.82, 2.24) is 10.3 Å². The molecule has 0 aliphatic heterocycles. The van der Waals surface area contributed by atoms with Crippen LogP contribution < -0.4 is 5.32 Å². The third kappa shape index (κ3) is 3.63. The van der Waals surface area contributed by atoms with Gasteiger partial charge in [-0.2, -0.15) is 0 Å². The zero-order valence-electron chi connectivity index (χ0n) is 10.6. The van der Waals surface area contributed by atoms with Gasteiger partial charge in [-0.1, -0.05) is 23.4 Å². The first-order valence-electron chi connectivity index (χ1n) is 6.76. The van der Waals surface area contributed by atoms with Crippen LogP contribution in [0.2, 0.25) is 5.02 Å². The molecule has 1 heterocycles. The third-order valence-electron chi connectivity index (χ3n) is 3.65. The number of aromatic nitrogens is 1. The maximum atomic E-state index is 12.0. The summed E-state index contributed by atoms with van der Waals surface area (Å²) in [7, 11) is 0. The smallest absolute Gasteiger partial charge is 0.230 e. The van der Waals surface area contributed by atoms with Crippen molar-refractivity contribution in [2.75, 3.05) is 5.75 Å². The molecule has 1 aromatic rings. The number of rotatable bonds is 6. The number of hydrogen-bond acceptors (Lipinski definition) is 3. The SMILES string of the molecule is O=C(CSc1ncccc1Cl)NC(C1CC1)C1CC1. The largest absolute Gasteiger partial charge is 0.352 e. The predicted octanol–water partition coefficient (Wildman–Crippen LogP) is 3.13. The van der Waals surface area contributed by atoms with Crippen molar-refractivity contribution >= 4 is 29.3 Å². The van der Waals surface area contributed by atoms with Crippen molar-refractivity contribution in [2.45, 2.75) is 36.8 Å². The van der Waals surface area contributed by atoms with E-state index < -0.39 is 0 Å². The van der Waals surface area contributed by atoms with Gasteiger partial charge in [0.25, 0.3) is 0 Å². The average Bonchev–Trinajstić information content (AvgIpc) is 3.28. The van der Waals surface area contributed by atoms with Crippen LogP contribution in [0, 0.1) is 11.8 Å². The second kappa shape index (κ2) is 5.71. The monoisotopic (exact) mass is 296 g/mol. The molecule has 0 radical (unpaired) electrons. The Bertz CT molecular complexity index is 462. The van der Waals surface area contributed by atoms with Crippen LogP contribution in [0.3, 0.4) is 0 Å². The molecule has 2 aliphatic rings. The number of carbonyl (C=O) groups is 1. The minimum Gasteiger partial charge on any atom is -0.352 e. The van der Waals surface area contributed by atoms with Gasteiger partial charge in [0, 0.05) is 12.2 Å². The Labute approximate surface area is 122 Å². The fourth-order valence-electron chi connectivity index (χ4n) is 2.37. The maximum absolute atomic E-state index is 12.0. The number of thioether (sulfide) groups is 1. The van der Waals surface area contributed by atoms with Crippen LogP contribution in [0.25, 0.3) is 0 Å². The van der Waals surface area contributed by atoms with E-state index in [0.29, 0.717) is 16.8 Å². The molecule has 19 heavy (non-hydrogen) atoms. The van der Waals surface area contributed by atoms with E-state index in [2.05, 4.69) is 10.3 Å². The molecular weight excluding hydrogens is 280 g/mol. The van der Waals surface area contributed by atoms with E-state index in [4.69, 9.17) is 11.6 Å². The standard InChI is InChI=1S/C14H17ClN2OS/c15-11-2-1-7-16-14(11)19-8-12(18)17-13(9-3-4-9)10-5-6-10/h1-2,7,9-10,13H,3-6,8H2,(H,17,18). The molecule has 0 atom stereocenters. The summed E-state index contributed by atoms with van der Waals surface area (Å²) in [5.74, 6) is 1.97. The molecule has 0 spiro atoms. The van der Waals surface area contributed by atoms with Crippen LogP contribution in [0.15, 0.2) is 23.4 Å². The first-order chi connectivity index (χ1) is 9.24. The molecule has 102 valence electrons. The molecule has 3 nitrogen and oxygen atoms in total. The summed E-state index contributed by atoms with van der Waals surface area (Å²) in [6.07, 6.45) is 6.81. The van der Waals surface area contributed by atoms with E-state index in [1.165, 1.54) is 37.4 Å². The van der Waals surface area contributed by atoms with Gasteiger partial charge in [-0.25, -0.2) is 4.98 Å². The Balaban J connectivity index is 1.49. The summed E-state index contributed by atoms with van der Waals surface area (Å²) in [6.45, 7) is 0. The topological polar surface area (TPSA) is 42.0 Å². The number of hydrogen-bond donors (Lipinski definition) is 1. The molecule has 1 N–H and O–H groups in total. The normalized spacial score (nSPS) is 18.6. The summed E-state index contributed by atoms with van der Waals surface area (Å²) >= 11 is 7.43. The Morgan fingerprint density at radius 3 is 2.68 bits per heavy atom. The quantitative estimate of drug-likeness (QED) is 0.820. The van der Waals surface area contributed by atoms with Crippen LogP contribution in [-0.4, -0.2) is 22.7 Å². The summed E-state index contributed by atoms with van der Waals surface area (Å²) in [6, 6.07) is 4.02. The first-order valence-corrected chi connectivity index (χ1v) is 8.13. The highest BCUT2D eigenvalue weighted by Gasteiger charge is 2.42. The summed E-state index contributed by atoms with van der Waals surface area (Å²) < 4.78 is 0. The number of halogens is 1. The first kappa shape index (κ1) is 13.3.